The molecule has 4 nitrogen and oxygen atoms in total. The Morgan fingerprint density at radius 1 is 1.53 bits per heavy atom. The number of aromatic nitrogens is 3. The quantitative estimate of drug-likeness (QED) is 0.760. The zero-order chi connectivity index (χ0) is 10.3. The van der Waals surface area contributed by atoms with Crippen molar-refractivity contribution in [3.05, 3.63) is 24.2 Å². The zero-order valence-corrected chi connectivity index (χ0v) is 8.77. The molecule has 3 heterocycles. The Morgan fingerprint density at radius 3 is 3.20 bits per heavy atom. The SMILES string of the molecule is Cn1c(C2CCCN2)nc2ncccc21. The van der Waals surface area contributed by atoms with Crippen LogP contribution in [0.1, 0.15) is 24.7 Å². The summed E-state index contributed by atoms with van der Waals surface area (Å²) in [6, 6.07) is 4.42. The fraction of sp³-hybridized carbons (Fsp3) is 0.455. The predicted octanol–water partition coefficient (Wildman–Crippen LogP) is 1.39. The van der Waals surface area contributed by atoms with Crippen LogP contribution in [-0.2, 0) is 7.05 Å². The Balaban J connectivity index is 2.14. The van der Waals surface area contributed by atoms with Crippen molar-refractivity contribution in [2.75, 3.05) is 6.54 Å². The minimum Gasteiger partial charge on any atom is -0.328 e. The number of nitrogens with zero attached hydrogens (tertiary/aromatic N) is 3. The van der Waals surface area contributed by atoms with Crippen LogP contribution in [0.5, 0.6) is 0 Å². The summed E-state index contributed by atoms with van der Waals surface area (Å²) in [5.74, 6) is 1.11. The smallest absolute Gasteiger partial charge is 0.177 e. The van der Waals surface area contributed by atoms with Gasteiger partial charge in [0.2, 0.25) is 0 Å². The molecule has 1 atom stereocenters. The third-order valence-electron chi connectivity index (χ3n) is 3.06. The van der Waals surface area contributed by atoms with Crippen molar-refractivity contribution < 1.29 is 0 Å². The van der Waals surface area contributed by atoms with Gasteiger partial charge in [-0.1, -0.05) is 0 Å². The molecule has 2 aromatic heterocycles. The molecule has 0 amide bonds. The maximum Gasteiger partial charge on any atom is 0.177 e. The molecule has 1 saturated heterocycles. The van der Waals surface area contributed by atoms with Crippen LogP contribution in [0.15, 0.2) is 18.3 Å². The fourth-order valence-corrected chi connectivity index (χ4v) is 2.26. The van der Waals surface area contributed by atoms with E-state index in [-0.39, 0.29) is 0 Å². The number of pyridine rings is 1. The number of aryl methyl sites for hydroxylation is 1. The molecule has 0 saturated carbocycles. The van der Waals surface area contributed by atoms with Crippen molar-refractivity contribution in [2.45, 2.75) is 18.9 Å². The molecular weight excluding hydrogens is 188 g/mol. The first-order chi connectivity index (χ1) is 7.36. The summed E-state index contributed by atoms with van der Waals surface area (Å²) >= 11 is 0. The van der Waals surface area contributed by atoms with Crippen molar-refractivity contribution >= 4 is 11.2 Å². The highest BCUT2D eigenvalue weighted by Gasteiger charge is 2.21. The van der Waals surface area contributed by atoms with E-state index in [9.17, 15) is 0 Å². The summed E-state index contributed by atoms with van der Waals surface area (Å²) < 4.78 is 2.14. The highest BCUT2D eigenvalue weighted by molar-refractivity contribution is 5.71. The lowest BCUT2D eigenvalue weighted by Crippen LogP contribution is -2.16. The molecule has 1 aliphatic rings. The van der Waals surface area contributed by atoms with Gasteiger partial charge in [0, 0.05) is 13.2 Å². The van der Waals surface area contributed by atoms with E-state index in [4.69, 9.17) is 0 Å². The zero-order valence-electron chi connectivity index (χ0n) is 8.77. The number of imidazole rings is 1. The number of fused-ring (bicyclic) bond motifs is 1. The van der Waals surface area contributed by atoms with E-state index < -0.39 is 0 Å². The summed E-state index contributed by atoms with van der Waals surface area (Å²) in [5, 5.41) is 3.46. The van der Waals surface area contributed by atoms with E-state index in [0.29, 0.717) is 6.04 Å². The third kappa shape index (κ3) is 1.33. The monoisotopic (exact) mass is 202 g/mol. The van der Waals surface area contributed by atoms with E-state index in [0.717, 1.165) is 23.5 Å². The Kier molecular flexibility index (Phi) is 1.95. The average Bonchev–Trinajstić information content (AvgIpc) is 2.87. The van der Waals surface area contributed by atoms with Gasteiger partial charge in [0.05, 0.1) is 11.6 Å². The second-order valence-electron chi connectivity index (χ2n) is 4.02. The summed E-state index contributed by atoms with van der Waals surface area (Å²) in [5.41, 5.74) is 1.96. The van der Waals surface area contributed by atoms with Gasteiger partial charge in [-0.2, -0.15) is 0 Å². The molecule has 0 radical (unpaired) electrons. The summed E-state index contributed by atoms with van der Waals surface area (Å²) in [6.07, 6.45) is 4.21. The predicted molar refractivity (Wildman–Crippen MR) is 58.5 cm³/mol. The van der Waals surface area contributed by atoms with Crippen molar-refractivity contribution in [1.82, 2.24) is 19.9 Å². The number of rotatable bonds is 1. The van der Waals surface area contributed by atoms with Crippen LogP contribution < -0.4 is 5.32 Å². The van der Waals surface area contributed by atoms with Gasteiger partial charge < -0.3 is 9.88 Å². The second-order valence-corrected chi connectivity index (χ2v) is 4.02. The summed E-state index contributed by atoms with van der Waals surface area (Å²) in [7, 11) is 2.06. The molecule has 15 heavy (non-hydrogen) atoms. The first-order valence-electron chi connectivity index (χ1n) is 5.37. The molecule has 1 unspecified atom stereocenters. The fourth-order valence-electron chi connectivity index (χ4n) is 2.26. The van der Waals surface area contributed by atoms with E-state index in [2.05, 4.69) is 33.0 Å². The lowest BCUT2D eigenvalue weighted by Gasteiger charge is -2.09. The van der Waals surface area contributed by atoms with Gasteiger partial charge in [-0.3, -0.25) is 0 Å². The van der Waals surface area contributed by atoms with Crippen LogP contribution in [0.25, 0.3) is 11.2 Å². The number of hydrogen-bond donors (Lipinski definition) is 1. The minimum atomic E-state index is 0.407. The number of hydrogen-bond acceptors (Lipinski definition) is 3. The Hall–Kier alpha value is -1.42. The van der Waals surface area contributed by atoms with E-state index in [1.807, 2.05) is 6.07 Å². The van der Waals surface area contributed by atoms with Gasteiger partial charge in [-0.05, 0) is 31.5 Å². The molecule has 1 N–H and O–H groups in total. The Bertz CT molecular complexity index is 482. The van der Waals surface area contributed by atoms with Crippen molar-refractivity contribution in [3.63, 3.8) is 0 Å². The lowest BCUT2D eigenvalue weighted by atomic mass is 10.2. The van der Waals surface area contributed by atoms with Crippen LogP contribution in [0.3, 0.4) is 0 Å². The van der Waals surface area contributed by atoms with Crippen LogP contribution in [0.2, 0.25) is 0 Å². The molecule has 0 bridgehead atoms. The molecular formula is C11H14N4. The number of nitrogens with one attached hydrogen (secondary N) is 1. The van der Waals surface area contributed by atoms with E-state index in [1.165, 1.54) is 12.8 Å². The van der Waals surface area contributed by atoms with Crippen LogP contribution in [0.4, 0.5) is 0 Å². The normalized spacial score (nSPS) is 21.3. The van der Waals surface area contributed by atoms with Gasteiger partial charge in [0.15, 0.2) is 5.65 Å². The first kappa shape index (κ1) is 8.85. The molecule has 2 aromatic rings. The van der Waals surface area contributed by atoms with Gasteiger partial charge in [0.1, 0.15) is 5.82 Å². The molecule has 0 aromatic carbocycles. The first-order valence-corrected chi connectivity index (χ1v) is 5.37. The third-order valence-corrected chi connectivity index (χ3v) is 3.06. The van der Waals surface area contributed by atoms with Crippen LogP contribution >= 0.6 is 0 Å². The van der Waals surface area contributed by atoms with E-state index >= 15 is 0 Å². The molecule has 3 rings (SSSR count). The molecule has 1 fully saturated rings. The molecule has 0 aliphatic carbocycles. The second kappa shape index (κ2) is 3.31. The highest BCUT2D eigenvalue weighted by atomic mass is 15.1. The maximum absolute atomic E-state index is 4.58. The molecule has 78 valence electrons. The highest BCUT2D eigenvalue weighted by Crippen LogP contribution is 2.24. The van der Waals surface area contributed by atoms with Crippen molar-refractivity contribution in [1.29, 1.82) is 0 Å². The standard InChI is InChI=1S/C11H14N4/c1-15-9-5-3-7-13-10(9)14-11(15)8-4-2-6-12-8/h3,5,7-8,12H,2,4,6H2,1H3. The van der Waals surface area contributed by atoms with Gasteiger partial charge in [-0.25, -0.2) is 9.97 Å². The van der Waals surface area contributed by atoms with Crippen molar-refractivity contribution in [3.8, 4) is 0 Å². The van der Waals surface area contributed by atoms with E-state index in [1.54, 1.807) is 6.20 Å². The minimum absolute atomic E-state index is 0.407. The molecule has 0 spiro atoms. The van der Waals surface area contributed by atoms with Crippen LogP contribution in [-0.4, -0.2) is 21.1 Å². The van der Waals surface area contributed by atoms with Crippen molar-refractivity contribution in [2.24, 2.45) is 7.05 Å². The topological polar surface area (TPSA) is 42.7 Å². The summed E-state index contributed by atoms with van der Waals surface area (Å²) in [4.78, 5) is 8.86. The molecule has 1 aliphatic heterocycles. The van der Waals surface area contributed by atoms with Gasteiger partial charge >= 0.3 is 0 Å². The van der Waals surface area contributed by atoms with Gasteiger partial charge in [0.25, 0.3) is 0 Å². The van der Waals surface area contributed by atoms with Crippen LogP contribution in [0, 0.1) is 0 Å². The lowest BCUT2D eigenvalue weighted by molar-refractivity contribution is 0.584. The van der Waals surface area contributed by atoms with Gasteiger partial charge in [-0.15, -0.1) is 0 Å². The Labute approximate surface area is 88.3 Å². The largest absolute Gasteiger partial charge is 0.328 e. The average molecular weight is 202 g/mol. The Morgan fingerprint density at radius 2 is 2.47 bits per heavy atom. The maximum atomic E-state index is 4.58. The summed E-state index contributed by atoms with van der Waals surface area (Å²) in [6.45, 7) is 1.10. The molecule has 4 heteroatoms.